The van der Waals surface area contributed by atoms with E-state index in [4.69, 9.17) is 14.8 Å². The molecule has 2 fully saturated rings. The van der Waals surface area contributed by atoms with Gasteiger partial charge in [0.15, 0.2) is 5.65 Å². The zero-order chi connectivity index (χ0) is 25.0. The maximum Gasteiger partial charge on any atom is 0.258 e. The normalized spacial score (nSPS) is 23.9. The van der Waals surface area contributed by atoms with Crippen LogP contribution in [0.25, 0.3) is 5.65 Å². The molecule has 0 unspecified atom stereocenters. The van der Waals surface area contributed by atoms with Gasteiger partial charge in [-0.25, -0.2) is 9.50 Å². The van der Waals surface area contributed by atoms with E-state index in [1.54, 1.807) is 7.11 Å². The summed E-state index contributed by atoms with van der Waals surface area (Å²) in [6.45, 7) is 6.20. The third-order valence-corrected chi connectivity index (χ3v) is 8.25. The molecule has 8 heteroatoms. The standard InChI is InChI=1S/C28H35N5O3/c1-17-14-31(16-24(17)34)27-18(2)15-33-26(29-27)13-22(30-33)23-9-4-5-10-32(23)28(35)21-11-19-7-6-8-20(19)12-25(21)36-3/h11-13,15,17,23-24,34H,4-10,14,16H2,1-3H3/t17-,23+,24+/m1/s1. The number of piperidine rings is 1. The summed E-state index contributed by atoms with van der Waals surface area (Å²) >= 11 is 0. The Hall–Kier alpha value is -3.13. The molecule has 0 saturated carbocycles. The first-order chi connectivity index (χ1) is 17.4. The Balaban J connectivity index is 1.33. The van der Waals surface area contributed by atoms with Crippen LogP contribution in [0.5, 0.6) is 5.75 Å². The zero-order valence-electron chi connectivity index (χ0n) is 21.4. The SMILES string of the molecule is COc1cc2c(cc1C(=O)N1CCCC[C@H]1c1cc3nc(N4C[C@@H](C)[C@@H](O)C4)c(C)cn3n1)CCC2. The highest BCUT2D eigenvalue weighted by Gasteiger charge is 2.34. The number of hydrogen-bond acceptors (Lipinski definition) is 6. The Morgan fingerprint density at radius 1 is 1.11 bits per heavy atom. The maximum atomic E-state index is 13.9. The Kier molecular flexibility index (Phi) is 5.86. The van der Waals surface area contributed by atoms with E-state index in [-0.39, 0.29) is 24.0 Å². The Morgan fingerprint density at radius 2 is 1.92 bits per heavy atom. The number of aliphatic hydroxyl groups is 1. The van der Waals surface area contributed by atoms with Gasteiger partial charge in [-0.3, -0.25) is 4.79 Å². The molecule has 2 aromatic heterocycles. The molecule has 36 heavy (non-hydrogen) atoms. The van der Waals surface area contributed by atoms with Gasteiger partial charge in [-0.2, -0.15) is 5.10 Å². The topological polar surface area (TPSA) is 83.2 Å². The highest BCUT2D eigenvalue weighted by Crippen LogP contribution is 2.36. The van der Waals surface area contributed by atoms with Crippen LogP contribution in [0, 0.1) is 12.8 Å². The third kappa shape index (κ3) is 3.92. The fraction of sp³-hybridized carbons (Fsp3) is 0.536. The number of amides is 1. The smallest absolute Gasteiger partial charge is 0.258 e. The Labute approximate surface area is 211 Å². The second-order valence-corrected chi connectivity index (χ2v) is 10.8. The summed E-state index contributed by atoms with van der Waals surface area (Å²) in [5.41, 5.74) is 5.91. The minimum Gasteiger partial charge on any atom is -0.496 e. The van der Waals surface area contributed by atoms with Gasteiger partial charge >= 0.3 is 0 Å². The number of aromatic nitrogens is 3. The molecule has 4 heterocycles. The third-order valence-electron chi connectivity index (χ3n) is 8.25. The van der Waals surface area contributed by atoms with Crippen molar-refractivity contribution in [1.29, 1.82) is 0 Å². The van der Waals surface area contributed by atoms with Gasteiger partial charge in [0.1, 0.15) is 11.6 Å². The number of nitrogens with zero attached hydrogens (tertiary/aromatic N) is 5. The molecule has 0 bridgehead atoms. The molecule has 1 amide bonds. The molecule has 6 rings (SSSR count). The maximum absolute atomic E-state index is 13.9. The zero-order valence-corrected chi connectivity index (χ0v) is 21.4. The molecular weight excluding hydrogens is 454 g/mol. The van der Waals surface area contributed by atoms with Gasteiger partial charge in [-0.15, -0.1) is 0 Å². The second kappa shape index (κ2) is 9.07. The molecule has 1 N–H and O–H groups in total. The van der Waals surface area contributed by atoms with Crippen LogP contribution < -0.4 is 9.64 Å². The monoisotopic (exact) mass is 489 g/mol. The second-order valence-electron chi connectivity index (χ2n) is 10.8. The van der Waals surface area contributed by atoms with Crippen molar-refractivity contribution in [2.75, 3.05) is 31.6 Å². The van der Waals surface area contributed by atoms with Gasteiger partial charge in [-0.05, 0) is 68.7 Å². The summed E-state index contributed by atoms with van der Waals surface area (Å²) < 4.78 is 7.49. The van der Waals surface area contributed by atoms with E-state index in [0.717, 1.165) is 67.8 Å². The molecule has 0 radical (unpaired) electrons. The van der Waals surface area contributed by atoms with Crippen LogP contribution in [0.2, 0.25) is 0 Å². The predicted octanol–water partition coefficient (Wildman–Crippen LogP) is 3.72. The number of hydrogen-bond donors (Lipinski definition) is 1. The summed E-state index contributed by atoms with van der Waals surface area (Å²) in [6, 6.07) is 6.05. The minimum atomic E-state index is -0.332. The summed E-state index contributed by atoms with van der Waals surface area (Å²) in [5.74, 6) is 1.81. The molecule has 190 valence electrons. The van der Waals surface area contributed by atoms with Crippen LogP contribution in [0.15, 0.2) is 24.4 Å². The van der Waals surface area contributed by atoms with Crippen molar-refractivity contribution < 1.29 is 14.6 Å². The van der Waals surface area contributed by atoms with Crippen molar-refractivity contribution in [3.63, 3.8) is 0 Å². The molecular formula is C28H35N5O3. The first-order valence-electron chi connectivity index (χ1n) is 13.2. The number of β-amino-alcohol motifs (C(OH)–C–C–N with tert-alkyl or cyclic N) is 1. The van der Waals surface area contributed by atoms with Crippen LogP contribution >= 0.6 is 0 Å². The van der Waals surface area contributed by atoms with Gasteiger partial charge in [-0.1, -0.05) is 6.92 Å². The number of ether oxygens (including phenoxy) is 1. The predicted molar refractivity (Wildman–Crippen MR) is 138 cm³/mol. The number of carbonyl (C=O) groups excluding carboxylic acids is 1. The molecule has 2 saturated heterocycles. The Bertz CT molecular complexity index is 1310. The fourth-order valence-electron chi connectivity index (χ4n) is 6.20. The summed E-state index contributed by atoms with van der Waals surface area (Å²) in [6.07, 6.45) is 7.81. The van der Waals surface area contributed by atoms with Crippen LogP contribution in [-0.4, -0.2) is 63.4 Å². The van der Waals surface area contributed by atoms with Gasteiger partial charge in [0.2, 0.25) is 0 Å². The van der Waals surface area contributed by atoms with E-state index >= 15 is 0 Å². The van der Waals surface area contributed by atoms with Crippen LogP contribution in [0.3, 0.4) is 0 Å². The van der Waals surface area contributed by atoms with E-state index in [1.165, 1.54) is 11.1 Å². The average Bonchev–Trinajstić information content (AvgIpc) is 3.60. The van der Waals surface area contributed by atoms with Crippen LogP contribution in [0.4, 0.5) is 5.82 Å². The van der Waals surface area contributed by atoms with E-state index in [2.05, 4.69) is 24.0 Å². The molecule has 3 atom stereocenters. The van der Waals surface area contributed by atoms with Gasteiger partial charge in [0, 0.05) is 43.4 Å². The van der Waals surface area contributed by atoms with E-state index in [0.29, 0.717) is 24.4 Å². The van der Waals surface area contributed by atoms with Crippen molar-refractivity contribution in [2.24, 2.45) is 5.92 Å². The summed E-state index contributed by atoms with van der Waals surface area (Å²) in [5, 5.41) is 15.1. The molecule has 3 aromatic rings. The molecule has 0 spiro atoms. The first kappa shape index (κ1) is 23.3. The number of fused-ring (bicyclic) bond motifs is 2. The average molecular weight is 490 g/mol. The molecule has 3 aliphatic rings. The number of aliphatic hydroxyl groups excluding tert-OH is 1. The fourth-order valence-corrected chi connectivity index (χ4v) is 6.20. The number of rotatable bonds is 4. The van der Waals surface area contributed by atoms with E-state index in [9.17, 15) is 9.90 Å². The number of aryl methyl sites for hydroxylation is 3. The van der Waals surface area contributed by atoms with Crippen molar-refractivity contribution in [1.82, 2.24) is 19.5 Å². The molecule has 8 nitrogen and oxygen atoms in total. The number of likely N-dealkylation sites (tertiary alicyclic amines) is 1. The van der Waals surface area contributed by atoms with E-state index < -0.39 is 0 Å². The van der Waals surface area contributed by atoms with Crippen LogP contribution in [0.1, 0.15) is 71.4 Å². The largest absolute Gasteiger partial charge is 0.496 e. The number of carbonyl (C=O) groups is 1. The van der Waals surface area contributed by atoms with Crippen molar-refractivity contribution >= 4 is 17.4 Å². The Morgan fingerprint density at radius 3 is 2.67 bits per heavy atom. The lowest BCUT2D eigenvalue weighted by Crippen LogP contribution is -2.39. The number of anilines is 1. The lowest BCUT2D eigenvalue weighted by Gasteiger charge is -2.35. The lowest BCUT2D eigenvalue weighted by molar-refractivity contribution is 0.0602. The quantitative estimate of drug-likeness (QED) is 0.602. The molecule has 2 aliphatic heterocycles. The number of methoxy groups -OCH3 is 1. The number of benzene rings is 1. The molecule has 1 aromatic carbocycles. The summed E-state index contributed by atoms with van der Waals surface area (Å²) in [4.78, 5) is 23.0. The summed E-state index contributed by atoms with van der Waals surface area (Å²) in [7, 11) is 1.65. The van der Waals surface area contributed by atoms with Crippen molar-refractivity contribution in [3.05, 3.63) is 52.3 Å². The minimum absolute atomic E-state index is 0.0215. The first-order valence-corrected chi connectivity index (χ1v) is 13.2. The van der Waals surface area contributed by atoms with Crippen molar-refractivity contribution in [2.45, 2.75) is 64.5 Å². The molecule has 1 aliphatic carbocycles. The highest BCUT2D eigenvalue weighted by molar-refractivity contribution is 5.97. The lowest BCUT2D eigenvalue weighted by atomic mass is 9.97. The highest BCUT2D eigenvalue weighted by atomic mass is 16.5. The van der Waals surface area contributed by atoms with Gasteiger partial charge in [0.05, 0.1) is 30.5 Å². The van der Waals surface area contributed by atoms with Gasteiger partial charge < -0.3 is 19.6 Å². The van der Waals surface area contributed by atoms with Crippen LogP contribution in [-0.2, 0) is 12.8 Å². The van der Waals surface area contributed by atoms with Crippen molar-refractivity contribution in [3.8, 4) is 5.75 Å². The van der Waals surface area contributed by atoms with Gasteiger partial charge in [0.25, 0.3) is 5.91 Å². The van der Waals surface area contributed by atoms with E-state index in [1.807, 2.05) is 28.6 Å².